The van der Waals surface area contributed by atoms with E-state index in [0.717, 1.165) is 16.4 Å². The SMILES string of the molecule is O=C(Nc1nnc(-c2ccno2)o1)[C@H]1CCCN1S(=O)(=O)c1ccc(F)cc1. The van der Waals surface area contributed by atoms with E-state index >= 15 is 0 Å². The van der Waals surface area contributed by atoms with Crippen molar-refractivity contribution < 1.29 is 26.5 Å². The third kappa shape index (κ3) is 3.39. The third-order valence-corrected chi connectivity index (χ3v) is 6.15. The second-order valence-corrected chi connectivity index (χ2v) is 7.90. The summed E-state index contributed by atoms with van der Waals surface area (Å²) in [4.78, 5) is 12.5. The van der Waals surface area contributed by atoms with Crippen molar-refractivity contribution in [3.05, 3.63) is 42.3 Å². The van der Waals surface area contributed by atoms with E-state index in [0.29, 0.717) is 12.8 Å². The molecule has 0 spiro atoms. The van der Waals surface area contributed by atoms with E-state index in [1.54, 1.807) is 0 Å². The Morgan fingerprint density at radius 2 is 2.00 bits per heavy atom. The first-order chi connectivity index (χ1) is 13.4. The lowest BCUT2D eigenvalue weighted by molar-refractivity contribution is -0.119. The van der Waals surface area contributed by atoms with E-state index in [1.165, 1.54) is 24.4 Å². The largest absolute Gasteiger partial charge is 0.400 e. The quantitative estimate of drug-likeness (QED) is 0.675. The maximum atomic E-state index is 13.1. The summed E-state index contributed by atoms with van der Waals surface area (Å²) >= 11 is 0. The Kier molecular flexibility index (Phi) is 4.65. The van der Waals surface area contributed by atoms with Gasteiger partial charge in [0, 0.05) is 12.6 Å². The van der Waals surface area contributed by atoms with Crippen molar-refractivity contribution in [1.82, 2.24) is 19.7 Å². The molecule has 0 unspecified atom stereocenters. The number of rotatable bonds is 5. The minimum atomic E-state index is -3.96. The topological polar surface area (TPSA) is 131 Å². The molecular formula is C16H14FN5O5S. The van der Waals surface area contributed by atoms with Gasteiger partial charge in [-0.05, 0) is 37.1 Å². The normalized spacial score (nSPS) is 17.7. The first kappa shape index (κ1) is 18.3. The van der Waals surface area contributed by atoms with E-state index in [-0.39, 0.29) is 29.1 Å². The Hall–Kier alpha value is -3.12. The number of carbonyl (C=O) groups is 1. The number of carbonyl (C=O) groups excluding carboxylic acids is 1. The van der Waals surface area contributed by atoms with Crippen molar-refractivity contribution in [2.45, 2.75) is 23.8 Å². The zero-order valence-electron chi connectivity index (χ0n) is 14.3. The minimum Gasteiger partial charge on any atom is -0.400 e. The van der Waals surface area contributed by atoms with Crippen molar-refractivity contribution >= 4 is 21.9 Å². The molecule has 28 heavy (non-hydrogen) atoms. The van der Waals surface area contributed by atoms with Gasteiger partial charge in [-0.25, -0.2) is 12.8 Å². The van der Waals surface area contributed by atoms with Crippen molar-refractivity contribution in [2.75, 3.05) is 11.9 Å². The summed E-state index contributed by atoms with van der Waals surface area (Å²) in [6.07, 6.45) is 2.23. The maximum Gasteiger partial charge on any atom is 0.322 e. The number of anilines is 1. The smallest absolute Gasteiger partial charge is 0.322 e. The van der Waals surface area contributed by atoms with Gasteiger partial charge in [0.25, 0.3) is 5.89 Å². The molecule has 1 saturated heterocycles. The molecule has 0 bridgehead atoms. The monoisotopic (exact) mass is 407 g/mol. The lowest BCUT2D eigenvalue weighted by Crippen LogP contribution is -2.43. The Morgan fingerprint density at radius 1 is 1.21 bits per heavy atom. The summed E-state index contributed by atoms with van der Waals surface area (Å²) in [7, 11) is -3.96. The van der Waals surface area contributed by atoms with Crippen LogP contribution in [0.25, 0.3) is 11.7 Å². The van der Waals surface area contributed by atoms with E-state index in [1.807, 2.05) is 0 Å². The summed E-state index contributed by atoms with van der Waals surface area (Å²) in [6, 6.07) is 4.81. The standard InChI is InChI=1S/C16H14FN5O5S/c17-10-3-5-11(6-4-10)28(24,25)22-9-1-2-12(22)14(23)19-16-21-20-15(26-16)13-7-8-18-27-13/h3-8,12H,1-2,9H2,(H,19,21,23)/t12-/m1/s1. The van der Waals surface area contributed by atoms with Crippen LogP contribution in [0.3, 0.4) is 0 Å². The summed E-state index contributed by atoms with van der Waals surface area (Å²) in [6.45, 7) is 0.172. The molecule has 1 N–H and O–H groups in total. The van der Waals surface area contributed by atoms with Crippen molar-refractivity contribution in [3.8, 4) is 11.7 Å². The van der Waals surface area contributed by atoms with Crippen LogP contribution in [-0.4, -0.2) is 46.6 Å². The van der Waals surface area contributed by atoms with Gasteiger partial charge >= 0.3 is 6.01 Å². The van der Waals surface area contributed by atoms with Gasteiger partial charge in [0.15, 0.2) is 0 Å². The second kappa shape index (κ2) is 7.13. The molecular weight excluding hydrogens is 393 g/mol. The molecule has 12 heteroatoms. The summed E-state index contributed by atoms with van der Waals surface area (Å²) in [5.41, 5.74) is 0. The van der Waals surface area contributed by atoms with Gasteiger partial charge in [-0.1, -0.05) is 10.3 Å². The van der Waals surface area contributed by atoms with E-state index in [4.69, 9.17) is 8.94 Å². The number of nitrogens with one attached hydrogen (secondary N) is 1. The Morgan fingerprint density at radius 3 is 2.71 bits per heavy atom. The molecule has 1 atom stereocenters. The fraction of sp³-hybridized carbons (Fsp3) is 0.250. The van der Waals surface area contributed by atoms with E-state index in [2.05, 4.69) is 20.7 Å². The summed E-state index contributed by atoms with van der Waals surface area (Å²) in [5.74, 6) is -0.894. The second-order valence-electron chi connectivity index (χ2n) is 6.01. The predicted molar refractivity (Wildman–Crippen MR) is 91.7 cm³/mol. The Labute approximate surface area is 158 Å². The van der Waals surface area contributed by atoms with Crippen LogP contribution in [0.4, 0.5) is 10.4 Å². The van der Waals surface area contributed by atoms with Crippen molar-refractivity contribution in [2.24, 2.45) is 0 Å². The van der Waals surface area contributed by atoms with Crippen LogP contribution < -0.4 is 5.32 Å². The van der Waals surface area contributed by atoms with Crippen LogP contribution in [-0.2, 0) is 14.8 Å². The van der Waals surface area contributed by atoms with Gasteiger partial charge in [-0.3, -0.25) is 10.1 Å². The minimum absolute atomic E-state index is 0.0232. The van der Waals surface area contributed by atoms with Crippen molar-refractivity contribution in [1.29, 1.82) is 0 Å². The van der Waals surface area contributed by atoms with Crippen LogP contribution in [0, 0.1) is 5.82 Å². The molecule has 1 amide bonds. The molecule has 3 heterocycles. The van der Waals surface area contributed by atoms with Gasteiger partial charge in [-0.2, -0.15) is 4.31 Å². The maximum absolute atomic E-state index is 13.1. The fourth-order valence-electron chi connectivity index (χ4n) is 2.92. The molecule has 10 nitrogen and oxygen atoms in total. The van der Waals surface area contributed by atoms with E-state index in [9.17, 15) is 17.6 Å². The molecule has 146 valence electrons. The first-order valence-electron chi connectivity index (χ1n) is 8.28. The van der Waals surface area contributed by atoms with Crippen LogP contribution in [0.15, 0.2) is 50.4 Å². The number of aromatic nitrogens is 3. The number of hydrogen-bond donors (Lipinski definition) is 1. The average Bonchev–Trinajstić information content (AvgIpc) is 3.42. The molecule has 3 aromatic rings. The number of amides is 1. The first-order valence-corrected chi connectivity index (χ1v) is 9.72. The average molecular weight is 407 g/mol. The van der Waals surface area contributed by atoms with Gasteiger partial charge in [0.1, 0.15) is 11.9 Å². The molecule has 0 saturated carbocycles. The van der Waals surface area contributed by atoms with Gasteiger partial charge < -0.3 is 8.94 Å². The highest BCUT2D eigenvalue weighted by atomic mass is 32.2. The molecule has 1 aromatic carbocycles. The molecule has 4 rings (SSSR count). The fourth-order valence-corrected chi connectivity index (χ4v) is 4.58. The number of nitrogens with zero attached hydrogens (tertiary/aromatic N) is 4. The lowest BCUT2D eigenvalue weighted by atomic mass is 10.2. The van der Waals surface area contributed by atoms with Gasteiger partial charge in [0.2, 0.25) is 21.7 Å². The number of sulfonamides is 1. The van der Waals surface area contributed by atoms with Crippen LogP contribution in [0.1, 0.15) is 12.8 Å². The van der Waals surface area contributed by atoms with E-state index < -0.39 is 27.8 Å². The van der Waals surface area contributed by atoms with Crippen molar-refractivity contribution in [3.63, 3.8) is 0 Å². The molecule has 0 radical (unpaired) electrons. The third-order valence-electron chi connectivity index (χ3n) is 4.23. The van der Waals surface area contributed by atoms with Crippen LogP contribution >= 0.6 is 0 Å². The zero-order valence-corrected chi connectivity index (χ0v) is 15.1. The Bertz CT molecular complexity index is 1080. The van der Waals surface area contributed by atoms with Crippen LogP contribution in [0.2, 0.25) is 0 Å². The highest BCUT2D eigenvalue weighted by Gasteiger charge is 2.40. The molecule has 1 aliphatic heterocycles. The predicted octanol–water partition coefficient (Wildman–Crippen LogP) is 1.66. The number of hydrogen-bond acceptors (Lipinski definition) is 8. The number of halogens is 1. The molecule has 0 aliphatic carbocycles. The zero-order chi connectivity index (χ0) is 19.7. The molecule has 1 fully saturated rings. The number of benzene rings is 1. The molecule has 2 aromatic heterocycles. The highest BCUT2D eigenvalue weighted by Crippen LogP contribution is 2.27. The summed E-state index contributed by atoms with van der Waals surface area (Å²) in [5, 5.41) is 13.4. The van der Waals surface area contributed by atoms with Gasteiger partial charge in [0.05, 0.1) is 11.1 Å². The van der Waals surface area contributed by atoms with Crippen LogP contribution in [0.5, 0.6) is 0 Å². The summed E-state index contributed by atoms with van der Waals surface area (Å²) < 4.78 is 50.0. The molecule has 1 aliphatic rings. The van der Waals surface area contributed by atoms with Gasteiger partial charge in [-0.15, -0.1) is 5.10 Å². The highest BCUT2D eigenvalue weighted by molar-refractivity contribution is 7.89. The Balaban J connectivity index is 1.51. The lowest BCUT2D eigenvalue weighted by Gasteiger charge is -2.22.